The van der Waals surface area contributed by atoms with Crippen molar-refractivity contribution in [3.63, 3.8) is 0 Å². The topological polar surface area (TPSA) is 83.9 Å². The SMILES string of the molecule is O=C(O)c1scc2c1C(=O)N(c1cc(OCCc3ccccc3)ccc1Cl)C(=O)C2. The number of anilines is 1. The summed E-state index contributed by atoms with van der Waals surface area (Å²) in [4.78, 5) is 38.0. The smallest absolute Gasteiger partial charge is 0.346 e. The molecule has 0 saturated carbocycles. The van der Waals surface area contributed by atoms with Crippen LogP contribution in [0.1, 0.15) is 31.2 Å². The molecular formula is C22H16ClNO5S. The summed E-state index contributed by atoms with van der Waals surface area (Å²) < 4.78 is 5.78. The first-order chi connectivity index (χ1) is 14.5. The molecule has 0 spiro atoms. The highest BCUT2D eigenvalue weighted by Gasteiger charge is 2.37. The number of carbonyl (C=O) groups excluding carboxylic acids is 2. The summed E-state index contributed by atoms with van der Waals surface area (Å²) in [5.74, 6) is -1.90. The molecule has 1 aromatic heterocycles. The molecule has 0 fully saturated rings. The summed E-state index contributed by atoms with van der Waals surface area (Å²) in [6.07, 6.45) is 0.626. The van der Waals surface area contributed by atoms with E-state index < -0.39 is 17.8 Å². The highest BCUT2D eigenvalue weighted by Crippen LogP contribution is 2.36. The summed E-state index contributed by atoms with van der Waals surface area (Å²) in [5, 5.41) is 11.1. The zero-order valence-corrected chi connectivity index (χ0v) is 17.2. The number of rotatable bonds is 6. The molecule has 0 bridgehead atoms. The van der Waals surface area contributed by atoms with Crippen LogP contribution in [0, 0.1) is 0 Å². The van der Waals surface area contributed by atoms with E-state index in [2.05, 4.69) is 0 Å². The first-order valence-electron chi connectivity index (χ1n) is 9.13. The zero-order chi connectivity index (χ0) is 21.3. The van der Waals surface area contributed by atoms with Crippen LogP contribution in [0.25, 0.3) is 0 Å². The number of carboxylic acid groups (broad SMARTS) is 1. The second-order valence-electron chi connectivity index (χ2n) is 6.68. The third kappa shape index (κ3) is 3.81. The largest absolute Gasteiger partial charge is 0.493 e. The zero-order valence-electron chi connectivity index (χ0n) is 15.6. The fraction of sp³-hybridized carbons (Fsp3) is 0.136. The Morgan fingerprint density at radius 1 is 1.17 bits per heavy atom. The Hall–Kier alpha value is -3.16. The Morgan fingerprint density at radius 2 is 1.93 bits per heavy atom. The van der Waals surface area contributed by atoms with Crippen LogP contribution in [-0.2, 0) is 17.6 Å². The lowest BCUT2D eigenvalue weighted by Crippen LogP contribution is -2.42. The average molecular weight is 442 g/mol. The molecule has 6 nitrogen and oxygen atoms in total. The molecule has 0 unspecified atom stereocenters. The van der Waals surface area contributed by atoms with Gasteiger partial charge in [-0.2, -0.15) is 0 Å². The molecule has 2 aromatic carbocycles. The Morgan fingerprint density at radius 3 is 2.67 bits per heavy atom. The number of carboxylic acids is 1. The van der Waals surface area contributed by atoms with Crippen LogP contribution in [0.15, 0.2) is 53.9 Å². The molecule has 0 aliphatic carbocycles. The molecule has 152 valence electrons. The van der Waals surface area contributed by atoms with Crippen molar-refractivity contribution in [3.8, 4) is 5.75 Å². The van der Waals surface area contributed by atoms with E-state index in [-0.39, 0.29) is 27.6 Å². The van der Waals surface area contributed by atoms with Crippen molar-refractivity contribution in [1.82, 2.24) is 0 Å². The van der Waals surface area contributed by atoms with Crippen molar-refractivity contribution in [3.05, 3.63) is 80.5 Å². The minimum Gasteiger partial charge on any atom is -0.493 e. The molecule has 2 heterocycles. The molecule has 30 heavy (non-hydrogen) atoms. The second kappa shape index (κ2) is 8.30. The van der Waals surface area contributed by atoms with Crippen LogP contribution in [0.3, 0.4) is 0 Å². The third-order valence-corrected chi connectivity index (χ3v) is 6.07. The number of aromatic carboxylic acids is 1. The van der Waals surface area contributed by atoms with Crippen molar-refractivity contribution >= 4 is 46.4 Å². The maximum Gasteiger partial charge on any atom is 0.346 e. The summed E-state index contributed by atoms with van der Waals surface area (Å²) >= 11 is 7.21. The first kappa shape index (κ1) is 20.1. The van der Waals surface area contributed by atoms with Crippen LogP contribution >= 0.6 is 22.9 Å². The number of halogens is 1. The molecule has 3 aromatic rings. The molecule has 4 rings (SSSR count). The van der Waals surface area contributed by atoms with Gasteiger partial charge in [-0.05, 0) is 28.6 Å². The predicted octanol–water partition coefficient (Wildman–Crippen LogP) is 4.45. The van der Waals surface area contributed by atoms with E-state index in [9.17, 15) is 19.5 Å². The van der Waals surface area contributed by atoms with Crippen LogP contribution in [0.5, 0.6) is 5.75 Å². The minimum absolute atomic E-state index is 0.0403. The van der Waals surface area contributed by atoms with E-state index in [4.69, 9.17) is 16.3 Å². The number of benzene rings is 2. The third-order valence-electron chi connectivity index (χ3n) is 4.73. The summed E-state index contributed by atoms with van der Waals surface area (Å²) in [6.45, 7) is 0.408. The number of hydrogen-bond acceptors (Lipinski definition) is 5. The van der Waals surface area contributed by atoms with Gasteiger partial charge >= 0.3 is 5.97 Å². The fourth-order valence-electron chi connectivity index (χ4n) is 3.31. The number of amides is 2. The molecule has 0 radical (unpaired) electrons. The summed E-state index contributed by atoms with van der Waals surface area (Å²) in [5.41, 5.74) is 1.77. The van der Waals surface area contributed by atoms with Crippen LogP contribution in [-0.4, -0.2) is 29.5 Å². The van der Waals surface area contributed by atoms with Gasteiger partial charge in [-0.15, -0.1) is 11.3 Å². The van der Waals surface area contributed by atoms with E-state index in [1.54, 1.807) is 12.1 Å². The highest BCUT2D eigenvalue weighted by molar-refractivity contribution is 7.12. The standard InChI is InChI=1S/C22H16ClNO5S/c23-16-7-6-15(29-9-8-13-4-2-1-3-5-13)11-17(16)24-18(25)10-14-12-30-20(22(27)28)19(14)21(24)26/h1-7,11-12H,8-10H2,(H,27,28). The van der Waals surface area contributed by atoms with Gasteiger partial charge in [0.25, 0.3) is 5.91 Å². The number of ether oxygens (including phenoxy) is 1. The van der Waals surface area contributed by atoms with Gasteiger partial charge in [-0.3, -0.25) is 9.59 Å². The van der Waals surface area contributed by atoms with Crippen molar-refractivity contribution < 1.29 is 24.2 Å². The summed E-state index contributed by atoms with van der Waals surface area (Å²) in [7, 11) is 0. The van der Waals surface area contributed by atoms with E-state index in [0.717, 1.165) is 21.8 Å². The molecule has 2 amide bonds. The predicted molar refractivity (Wildman–Crippen MR) is 114 cm³/mol. The molecule has 1 N–H and O–H groups in total. The highest BCUT2D eigenvalue weighted by atomic mass is 35.5. The van der Waals surface area contributed by atoms with Gasteiger partial charge in [0.15, 0.2) is 0 Å². The van der Waals surface area contributed by atoms with Crippen molar-refractivity contribution in [1.29, 1.82) is 0 Å². The van der Waals surface area contributed by atoms with Crippen molar-refractivity contribution in [2.24, 2.45) is 0 Å². The van der Waals surface area contributed by atoms with Crippen LogP contribution in [0.2, 0.25) is 5.02 Å². The van der Waals surface area contributed by atoms with Gasteiger partial charge < -0.3 is 9.84 Å². The number of fused-ring (bicyclic) bond motifs is 1. The van der Waals surface area contributed by atoms with Crippen molar-refractivity contribution in [2.75, 3.05) is 11.5 Å². The first-order valence-corrected chi connectivity index (χ1v) is 10.4. The molecule has 1 aliphatic heterocycles. The van der Waals surface area contributed by atoms with Gasteiger partial charge in [0.2, 0.25) is 5.91 Å². The lowest BCUT2D eigenvalue weighted by atomic mass is 10.0. The maximum atomic E-state index is 13.0. The van der Waals surface area contributed by atoms with Gasteiger partial charge in [0.1, 0.15) is 10.6 Å². The average Bonchev–Trinajstić information content (AvgIpc) is 3.15. The number of carbonyl (C=O) groups is 3. The quantitative estimate of drug-likeness (QED) is 0.571. The van der Waals surface area contributed by atoms with Crippen molar-refractivity contribution in [2.45, 2.75) is 12.8 Å². The van der Waals surface area contributed by atoms with Crippen LogP contribution < -0.4 is 9.64 Å². The number of imide groups is 1. The minimum atomic E-state index is -1.20. The molecule has 0 saturated heterocycles. The molecule has 8 heteroatoms. The van der Waals surface area contributed by atoms with E-state index in [1.165, 1.54) is 11.4 Å². The summed E-state index contributed by atoms with van der Waals surface area (Å²) in [6, 6.07) is 14.6. The van der Waals surface area contributed by atoms with E-state index in [1.807, 2.05) is 30.3 Å². The normalized spacial score (nSPS) is 13.3. The van der Waals surface area contributed by atoms with Gasteiger partial charge in [0, 0.05) is 12.5 Å². The monoisotopic (exact) mass is 441 g/mol. The lowest BCUT2D eigenvalue weighted by molar-refractivity contribution is -0.117. The Bertz CT molecular complexity index is 1140. The molecule has 0 atom stereocenters. The fourth-order valence-corrected chi connectivity index (χ4v) is 4.41. The number of nitrogens with zero attached hydrogens (tertiary/aromatic N) is 1. The van der Waals surface area contributed by atoms with Gasteiger partial charge in [-0.1, -0.05) is 41.9 Å². The Balaban J connectivity index is 1.59. The van der Waals surface area contributed by atoms with E-state index in [0.29, 0.717) is 24.3 Å². The number of hydrogen-bond donors (Lipinski definition) is 1. The van der Waals surface area contributed by atoms with Crippen LogP contribution in [0.4, 0.5) is 5.69 Å². The molecule has 1 aliphatic rings. The second-order valence-corrected chi connectivity index (χ2v) is 7.97. The van der Waals surface area contributed by atoms with Gasteiger partial charge in [-0.25, -0.2) is 9.69 Å². The number of thiophene rings is 1. The lowest BCUT2D eigenvalue weighted by Gasteiger charge is -2.26. The Kier molecular flexibility index (Phi) is 5.57. The van der Waals surface area contributed by atoms with E-state index >= 15 is 0 Å². The molecular weight excluding hydrogens is 426 g/mol. The van der Waals surface area contributed by atoms with Gasteiger partial charge in [0.05, 0.1) is 29.3 Å². The maximum absolute atomic E-state index is 13.0. The Labute approximate surface area is 181 Å².